The Morgan fingerprint density at radius 2 is 1.58 bits per heavy atom. The minimum Gasteiger partial charge on any atom is -0.127 e. The van der Waals surface area contributed by atoms with Gasteiger partial charge < -0.3 is 0 Å². The highest BCUT2D eigenvalue weighted by Gasteiger charge is 2.19. The van der Waals surface area contributed by atoms with Crippen LogP contribution in [-0.2, 0) is 6.42 Å². The van der Waals surface area contributed by atoms with Gasteiger partial charge in [0.05, 0.1) is 8.07 Å². The lowest BCUT2D eigenvalue weighted by atomic mass is 10.1. The first-order valence-corrected chi connectivity index (χ1v) is 13.9. The quantitative estimate of drug-likeness (QED) is 0.547. The van der Waals surface area contributed by atoms with Crippen LogP contribution in [-0.4, -0.2) is 16.1 Å². The van der Waals surface area contributed by atoms with Crippen LogP contribution in [0.1, 0.15) is 5.56 Å². The Morgan fingerprint density at radius 3 is 2.05 bits per heavy atom. The molecule has 0 unspecified atom stereocenters. The standard InChI is InChI=1S/C17H26Si2/c1-18(2,3)14-10-13-17(19(4,5)6)15-16-11-8-7-9-12-16/h7-9,11-13H,15H2,1-6H3/b17-13-. The molecule has 0 nitrogen and oxygen atoms in total. The molecule has 1 aromatic rings. The number of hydrogen-bond acceptors (Lipinski definition) is 0. The molecule has 102 valence electrons. The van der Waals surface area contributed by atoms with E-state index < -0.39 is 16.1 Å². The van der Waals surface area contributed by atoms with Gasteiger partial charge in [0.15, 0.2) is 0 Å². The largest absolute Gasteiger partial charge is 0.129 e. The van der Waals surface area contributed by atoms with Crippen LogP contribution in [0.15, 0.2) is 41.6 Å². The van der Waals surface area contributed by atoms with Crippen molar-refractivity contribution in [1.82, 2.24) is 0 Å². The van der Waals surface area contributed by atoms with Crippen molar-refractivity contribution in [3.05, 3.63) is 47.2 Å². The molecule has 2 heteroatoms. The molecule has 1 rings (SSSR count). The third-order valence-corrected chi connectivity index (χ3v) is 6.04. The number of hydrogen-bond donors (Lipinski definition) is 0. The minimum atomic E-state index is -1.29. The van der Waals surface area contributed by atoms with Crippen molar-refractivity contribution in [3.8, 4) is 11.5 Å². The first-order chi connectivity index (χ1) is 8.68. The monoisotopic (exact) mass is 286 g/mol. The van der Waals surface area contributed by atoms with Gasteiger partial charge in [0.1, 0.15) is 8.07 Å². The molecule has 0 N–H and O–H groups in total. The van der Waals surface area contributed by atoms with Gasteiger partial charge in [-0.05, 0) is 18.1 Å². The van der Waals surface area contributed by atoms with E-state index in [4.69, 9.17) is 0 Å². The number of benzene rings is 1. The molecule has 0 aromatic heterocycles. The lowest BCUT2D eigenvalue weighted by molar-refractivity contribution is 1.22. The third kappa shape index (κ3) is 6.61. The van der Waals surface area contributed by atoms with Crippen LogP contribution in [0, 0.1) is 11.5 Å². The van der Waals surface area contributed by atoms with E-state index in [9.17, 15) is 0 Å². The van der Waals surface area contributed by atoms with Gasteiger partial charge in [-0.1, -0.05) is 80.7 Å². The van der Waals surface area contributed by atoms with Gasteiger partial charge in [-0.15, -0.1) is 5.54 Å². The summed E-state index contributed by atoms with van der Waals surface area (Å²) in [5.41, 5.74) is 4.84. The maximum absolute atomic E-state index is 3.44. The van der Waals surface area contributed by atoms with E-state index in [0.29, 0.717) is 0 Å². The summed E-state index contributed by atoms with van der Waals surface area (Å²) in [7, 11) is -2.56. The Labute approximate surface area is 121 Å². The highest BCUT2D eigenvalue weighted by Crippen LogP contribution is 2.19. The molecule has 0 saturated heterocycles. The lowest BCUT2D eigenvalue weighted by Gasteiger charge is -2.20. The maximum Gasteiger partial charge on any atom is 0.129 e. The summed E-state index contributed by atoms with van der Waals surface area (Å²) in [5.74, 6) is 3.34. The maximum atomic E-state index is 3.44. The van der Waals surface area contributed by atoms with Gasteiger partial charge >= 0.3 is 0 Å². The molecule has 0 atom stereocenters. The van der Waals surface area contributed by atoms with Crippen LogP contribution in [0.2, 0.25) is 39.3 Å². The Morgan fingerprint density at radius 1 is 1.00 bits per heavy atom. The van der Waals surface area contributed by atoms with Gasteiger partial charge in [0.2, 0.25) is 0 Å². The molecule has 0 amide bonds. The van der Waals surface area contributed by atoms with E-state index in [1.54, 1.807) is 5.20 Å². The SMILES string of the molecule is C[Si](C)(C)C#C/C=C(/Cc1ccccc1)[Si](C)(C)C. The fourth-order valence-electron chi connectivity index (χ4n) is 1.69. The van der Waals surface area contributed by atoms with Crippen molar-refractivity contribution in [2.75, 3.05) is 0 Å². The van der Waals surface area contributed by atoms with Crippen LogP contribution >= 0.6 is 0 Å². The summed E-state index contributed by atoms with van der Waals surface area (Å²) in [6, 6.07) is 10.7. The zero-order chi connectivity index (χ0) is 14.5. The van der Waals surface area contributed by atoms with Gasteiger partial charge in [0, 0.05) is 0 Å². The van der Waals surface area contributed by atoms with Crippen molar-refractivity contribution < 1.29 is 0 Å². The molecule has 0 saturated carbocycles. The minimum absolute atomic E-state index is 1.05. The predicted octanol–water partition coefficient (Wildman–Crippen LogP) is 4.91. The van der Waals surface area contributed by atoms with Crippen LogP contribution < -0.4 is 0 Å². The summed E-state index contributed by atoms with van der Waals surface area (Å²) in [5, 5.41) is 1.55. The summed E-state index contributed by atoms with van der Waals surface area (Å²) < 4.78 is 0. The van der Waals surface area contributed by atoms with Gasteiger partial charge in [0.25, 0.3) is 0 Å². The second-order valence-corrected chi connectivity index (χ2v) is 17.0. The van der Waals surface area contributed by atoms with Crippen molar-refractivity contribution in [3.63, 3.8) is 0 Å². The van der Waals surface area contributed by atoms with Crippen molar-refractivity contribution in [2.45, 2.75) is 45.7 Å². The van der Waals surface area contributed by atoms with E-state index in [1.165, 1.54) is 5.56 Å². The average molecular weight is 287 g/mol. The van der Waals surface area contributed by atoms with Crippen LogP contribution in [0.25, 0.3) is 0 Å². The van der Waals surface area contributed by atoms with E-state index in [2.05, 4.69) is 87.2 Å². The molecular weight excluding hydrogens is 260 g/mol. The normalized spacial score (nSPS) is 12.8. The molecule has 0 heterocycles. The first-order valence-electron chi connectivity index (χ1n) is 6.95. The molecule has 0 radical (unpaired) electrons. The van der Waals surface area contributed by atoms with Crippen LogP contribution in [0.4, 0.5) is 0 Å². The molecule has 0 spiro atoms. The Bertz CT molecular complexity index is 488. The Balaban J connectivity index is 2.96. The van der Waals surface area contributed by atoms with E-state index in [-0.39, 0.29) is 0 Å². The smallest absolute Gasteiger partial charge is 0.127 e. The van der Waals surface area contributed by atoms with E-state index in [0.717, 1.165) is 6.42 Å². The molecule has 0 aliphatic rings. The number of rotatable bonds is 3. The van der Waals surface area contributed by atoms with Gasteiger partial charge in [-0.25, -0.2) is 0 Å². The van der Waals surface area contributed by atoms with Crippen molar-refractivity contribution in [1.29, 1.82) is 0 Å². The molecule has 0 bridgehead atoms. The molecule has 1 aromatic carbocycles. The first kappa shape index (κ1) is 16.0. The molecule has 0 fully saturated rings. The highest BCUT2D eigenvalue weighted by atomic mass is 28.3. The van der Waals surface area contributed by atoms with Crippen LogP contribution in [0.3, 0.4) is 0 Å². The van der Waals surface area contributed by atoms with Crippen molar-refractivity contribution >= 4 is 16.1 Å². The van der Waals surface area contributed by atoms with Crippen LogP contribution in [0.5, 0.6) is 0 Å². The molecule has 0 aliphatic heterocycles. The molecule has 19 heavy (non-hydrogen) atoms. The molecule has 0 aliphatic carbocycles. The predicted molar refractivity (Wildman–Crippen MR) is 92.7 cm³/mol. The summed E-state index contributed by atoms with van der Waals surface area (Å²) >= 11 is 0. The lowest BCUT2D eigenvalue weighted by Crippen LogP contribution is -2.25. The highest BCUT2D eigenvalue weighted by molar-refractivity contribution is 6.84. The zero-order valence-corrected chi connectivity index (χ0v) is 15.2. The topological polar surface area (TPSA) is 0 Å². The van der Waals surface area contributed by atoms with Crippen molar-refractivity contribution in [2.24, 2.45) is 0 Å². The van der Waals surface area contributed by atoms with E-state index >= 15 is 0 Å². The third-order valence-electron chi connectivity index (χ3n) is 2.89. The Hall–Kier alpha value is -1.05. The van der Waals surface area contributed by atoms with E-state index in [1.807, 2.05) is 0 Å². The second kappa shape index (κ2) is 6.41. The summed E-state index contributed by atoms with van der Waals surface area (Å²) in [6.45, 7) is 14.1. The molecular formula is C17H26Si2. The van der Waals surface area contributed by atoms with Gasteiger partial charge in [-0.2, -0.15) is 0 Å². The fourth-order valence-corrected chi connectivity index (χ4v) is 3.43. The zero-order valence-electron chi connectivity index (χ0n) is 13.2. The summed E-state index contributed by atoms with van der Waals surface area (Å²) in [6.07, 6.45) is 3.26. The number of allylic oxidation sites excluding steroid dienone is 2. The second-order valence-electron chi connectivity index (χ2n) is 7.10. The van der Waals surface area contributed by atoms with Gasteiger partial charge in [-0.3, -0.25) is 0 Å². The Kier molecular flexibility index (Phi) is 5.40. The summed E-state index contributed by atoms with van der Waals surface area (Å²) in [4.78, 5) is 0. The average Bonchev–Trinajstić information content (AvgIpc) is 2.26. The fraction of sp³-hybridized carbons (Fsp3) is 0.412.